The Morgan fingerprint density at radius 1 is 1.26 bits per heavy atom. The summed E-state index contributed by atoms with van der Waals surface area (Å²) in [4.78, 5) is 27.0. The molecule has 1 heterocycles. The lowest BCUT2D eigenvalue weighted by atomic mass is 10.0. The maximum Gasteiger partial charge on any atom is 0.250 e. The number of amides is 2. The minimum absolute atomic E-state index is 0.0214. The molecule has 1 saturated heterocycles. The molecule has 0 aromatic heterocycles. The molecule has 5 atom stereocenters. The average molecular weight is 334 g/mol. The standard InChI is InChI=1S/C18H26N2O2S/c1-3-4-10(2)18(22)20-9-23-8-13(20)17(21)19-16-14-11-5-6-12(7-11)15(14)16/h4,11-16H,3,5-9H2,1-2H3,(H,19,21)/b10-4+. The zero-order chi connectivity index (χ0) is 16.1. The van der Waals surface area contributed by atoms with Gasteiger partial charge in [0.05, 0.1) is 5.88 Å². The molecule has 3 aliphatic carbocycles. The molecule has 1 N–H and O–H groups in total. The number of nitrogens with zero attached hydrogens (tertiary/aromatic N) is 1. The van der Waals surface area contributed by atoms with Crippen molar-refractivity contribution in [2.24, 2.45) is 23.7 Å². The summed E-state index contributed by atoms with van der Waals surface area (Å²) in [5.41, 5.74) is 0.758. The fraction of sp³-hybridized carbons (Fsp3) is 0.778. The molecule has 0 radical (unpaired) electrons. The number of nitrogens with one attached hydrogen (secondary N) is 1. The third-order valence-corrected chi connectivity index (χ3v) is 7.35. The van der Waals surface area contributed by atoms with Crippen molar-refractivity contribution in [3.05, 3.63) is 11.6 Å². The van der Waals surface area contributed by atoms with Gasteiger partial charge < -0.3 is 10.2 Å². The molecule has 2 bridgehead atoms. The van der Waals surface area contributed by atoms with Gasteiger partial charge in [0.2, 0.25) is 5.91 Å². The van der Waals surface area contributed by atoms with Gasteiger partial charge in [-0.2, -0.15) is 0 Å². The molecule has 126 valence electrons. The quantitative estimate of drug-likeness (QED) is 0.803. The number of hydrogen-bond acceptors (Lipinski definition) is 3. The van der Waals surface area contributed by atoms with Gasteiger partial charge >= 0.3 is 0 Å². The fourth-order valence-corrected chi connectivity index (χ4v) is 6.41. The van der Waals surface area contributed by atoms with Crippen LogP contribution in [0.2, 0.25) is 0 Å². The molecule has 4 aliphatic rings. The van der Waals surface area contributed by atoms with Crippen LogP contribution in [0.15, 0.2) is 11.6 Å². The molecular weight excluding hydrogens is 308 g/mol. The summed E-state index contributed by atoms with van der Waals surface area (Å²) < 4.78 is 0. The normalized spacial score (nSPS) is 41.1. The molecule has 5 unspecified atom stereocenters. The highest BCUT2D eigenvalue weighted by molar-refractivity contribution is 7.99. The van der Waals surface area contributed by atoms with Crippen LogP contribution in [0.25, 0.3) is 0 Å². The molecule has 2 amide bonds. The lowest BCUT2D eigenvalue weighted by Gasteiger charge is -2.24. The van der Waals surface area contributed by atoms with Crippen LogP contribution in [0.1, 0.15) is 39.5 Å². The second-order valence-electron chi connectivity index (χ2n) is 7.61. The Bertz CT molecular complexity index is 545. The summed E-state index contributed by atoms with van der Waals surface area (Å²) in [6.07, 6.45) is 6.92. The van der Waals surface area contributed by atoms with Crippen LogP contribution in [-0.2, 0) is 9.59 Å². The number of allylic oxidation sites excluding steroid dienone is 1. The van der Waals surface area contributed by atoms with Crippen molar-refractivity contribution in [1.82, 2.24) is 10.2 Å². The van der Waals surface area contributed by atoms with Gasteiger partial charge in [-0.05, 0) is 56.3 Å². The number of thioether (sulfide) groups is 1. The van der Waals surface area contributed by atoms with Gasteiger partial charge in [0.25, 0.3) is 5.91 Å². The molecule has 1 aliphatic heterocycles. The number of hydrogen-bond donors (Lipinski definition) is 1. The predicted molar refractivity (Wildman–Crippen MR) is 91.7 cm³/mol. The number of fused-ring (bicyclic) bond motifs is 5. The largest absolute Gasteiger partial charge is 0.351 e. The van der Waals surface area contributed by atoms with Crippen LogP contribution in [-0.4, -0.2) is 40.4 Å². The summed E-state index contributed by atoms with van der Waals surface area (Å²) >= 11 is 1.68. The van der Waals surface area contributed by atoms with Crippen molar-refractivity contribution in [2.75, 3.05) is 11.6 Å². The highest BCUT2D eigenvalue weighted by Gasteiger charge is 2.65. The summed E-state index contributed by atoms with van der Waals surface area (Å²) in [5, 5.41) is 3.29. The SMILES string of the molecule is CC/C=C(\C)C(=O)N1CSCC1C(=O)NC1C2C3CCC(C3)C12. The first-order valence-corrected chi connectivity index (χ1v) is 10.1. The maximum atomic E-state index is 12.7. The third kappa shape index (κ3) is 2.51. The van der Waals surface area contributed by atoms with E-state index in [1.165, 1.54) is 19.3 Å². The van der Waals surface area contributed by atoms with E-state index in [0.29, 0.717) is 11.9 Å². The lowest BCUT2D eigenvalue weighted by Crippen LogP contribution is -2.48. The molecule has 0 spiro atoms. The summed E-state index contributed by atoms with van der Waals surface area (Å²) in [6.45, 7) is 3.88. The van der Waals surface area contributed by atoms with Gasteiger partial charge in [0.15, 0.2) is 0 Å². The minimum Gasteiger partial charge on any atom is -0.351 e. The van der Waals surface area contributed by atoms with Crippen LogP contribution in [0, 0.1) is 23.7 Å². The van der Waals surface area contributed by atoms with Gasteiger partial charge in [-0.15, -0.1) is 11.8 Å². The van der Waals surface area contributed by atoms with E-state index in [0.717, 1.165) is 41.4 Å². The number of rotatable bonds is 4. The summed E-state index contributed by atoms with van der Waals surface area (Å²) in [7, 11) is 0. The molecular formula is C18H26N2O2S. The lowest BCUT2D eigenvalue weighted by molar-refractivity contribution is -0.135. The Labute approximate surface area is 142 Å². The highest BCUT2D eigenvalue weighted by atomic mass is 32.2. The van der Waals surface area contributed by atoms with E-state index in [-0.39, 0.29) is 17.9 Å². The van der Waals surface area contributed by atoms with E-state index in [1.807, 2.05) is 19.9 Å². The van der Waals surface area contributed by atoms with Crippen molar-refractivity contribution >= 4 is 23.6 Å². The van der Waals surface area contributed by atoms with Crippen LogP contribution >= 0.6 is 11.8 Å². The zero-order valence-corrected chi connectivity index (χ0v) is 14.8. The molecule has 5 heteroatoms. The Morgan fingerprint density at radius 2 is 1.96 bits per heavy atom. The minimum atomic E-state index is -0.285. The van der Waals surface area contributed by atoms with Crippen molar-refractivity contribution < 1.29 is 9.59 Å². The van der Waals surface area contributed by atoms with E-state index in [4.69, 9.17) is 0 Å². The second-order valence-corrected chi connectivity index (χ2v) is 8.61. The molecule has 23 heavy (non-hydrogen) atoms. The summed E-state index contributed by atoms with van der Waals surface area (Å²) in [5.74, 6) is 4.68. The van der Waals surface area contributed by atoms with E-state index in [1.54, 1.807) is 16.7 Å². The molecule has 4 rings (SSSR count). The van der Waals surface area contributed by atoms with Crippen LogP contribution in [0.5, 0.6) is 0 Å². The van der Waals surface area contributed by atoms with Gasteiger partial charge in [-0.1, -0.05) is 13.0 Å². The monoisotopic (exact) mass is 334 g/mol. The smallest absolute Gasteiger partial charge is 0.250 e. The Morgan fingerprint density at radius 3 is 2.61 bits per heavy atom. The second kappa shape index (κ2) is 5.83. The Hall–Kier alpha value is -0.970. The topological polar surface area (TPSA) is 49.4 Å². The van der Waals surface area contributed by atoms with Gasteiger partial charge in [0.1, 0.15) is 6.04 Å². The molecule has 4 fully saturated rings. The van der Waals surface area contributed by atoms with Gasteiger partial charge in [-0.3, -0.25) is 9.59 Å². The highest BCUT2D eigenvalue weighted by Crippen LogP contribution is 2.65. The first-order valence-electron chi connectivity index (χ1n) is 8.97. The van der Waals surface area contributed by atoms with Crippen molar-refractivity contribution in [3.63, 3.8) is 0 Å². The fourth-order valence-electron chi connectivity index (χ4n) is 5.26. The Kier molecular flexibility index (Phi) is 3.94. The molecule has 0 aromatic rings. The van der Waals surface area contributed by atoms with E-state index in [9.17, 15) is 9.59 Å². The molecule has 3 saturated carbocycles. The number of carbonyl (C=O) groups excluding carboxylic acids is 2. The van der Waals surface area contributed by atoms with Crippen molar-refractivity contribution in [2.45, 2.75) is 51.6 Å². The van der Waals surface area contributed by atoms with E-state index >= 15 is 0 Å². The molecule has 4 nitrogen and oxygen atoms in total. The van der Waals surface area contributed by atoms with Crippen molar-refractivity contribution in [3.8, 4) is 0 Å². The van der Waals surface area contributed by atoms with Crippen LogP contribution in [0.3, 0.4) is 0 Å². The van der Waals surface area contributed by atoms with E-state index < -0.39 is 0 Å². The molecule has 0 aromatic carbocycles. The van der Waals surface area contributed by atoms with Crippen LogP contribution in [0.4, 0.5) is 0 Å². The Balaban J connectivity index is 1.38. The van der Waals surface area contributed by atoms with Gasteiger partial charge in [-0.25, -0.2) is 0 Å². The van der Waals surface area contributed by atoms with Crippen molar-refractivity contribution in [1.29, 1.82) is 0 Å². The first kappa shape index (κ1) is 15.6. The maximum absolute atomic E-state index is 12.7. The average Bonchev–Trinajstić information content (AvgIpc) is 2.99. The number of carbonyl (C=O) groups is 2. The zero-order valence-electron chi connectivity index (χ0n) is 14.0. The van der Waals surface area contributed by atoms with Crippen LogP contribution < -0.4 is 5.32 Å². The third-order valence-electron chi connectivity index (χ3n) is 6.34. The first-order chi connectivity index (χ1) is 11.1. The van der Waals surface area contributed by atoms with E-state index in [2.05, 4.69) is 5.32 Å². The predicted octanol–water partition coefficient (Wildman–Crippen LogP) is 2.40. The van der Waals surface area contributed by atoms with Gasteiger partial charge in [0, 0.05) is 17.4 Å². The summed E-state index contributed by atoms with van der Waals surface area (Å²) in [6, 6.07) is 0.121.